The minimum absolute atomic E-state index is 0.0789. The lowest BCUT2D eigenvalue weighted by Gasteiger charge is -2.09. The minimum atomic E-state index is -0.0789. The molecular weight excluding hydrogens is 234 g/mol. The summed E-state index contributed by atoms with van der Waals surface area (Å²) in [4.78, 5) is 3.40. The Labute approximate surface area is 110 Å². The molecule has 2 aromatic carbocycles. The highest BCUT2D eigenvalue weighted by atomic mass is 15.0. The molecule has 4 rings (SSSR count). The fourth-order valence-electron chi connectivity index (χ4n) is 2.71. The summed E-state index contributed by atoms with van der Waals surface area (Å²) in [5.41, 5.74) is 4.81. The summed E-state index contributed by atoms with van der Waals surface area (Å²) < 4.78 is 0. The SMILES string of the molecule is N=C1c2ccccc2NC1c1cc2ccccc2[nH]1. The number of anilines is 1. The first-order chi connectivity index (χ1) is 9.33. The number of H-pyrrole nitrogens is 1. The Balaban J connectivity index is 1.81. The van der Waals surface area contributed by atoms with Gasteiger partial charge in [-0.05, 0) is 23.6 Å². The van der Waals surface area contributed by atoms with E-state index in [-0.39, 0.29) is 6.04 Å². The second kappa shape index (κ2) is 3.72. The molecule has 3 aromatic rings. The molecule has 0 saturated carbocycles. The third kappa shape index (κ3) is 1.48. The van der Waals surface area contributed by atoms with Crippen LogP contribution in [0.15, 0.2) is 54.6 Å². The van der Waals surface area contributed by atoms with Crippen LogP contribution < -0.4 is 5.32 Å². The summed E-state index contributed by atoms with van der Waals surface area (Å²) in [6, 6.07) is 18.2. The zero-order chi connectivity index (χ0) is 12.8. The standard InChI is InChI=1S/C16H13N3/c17-15-11-6-2-4-8-13(11)19-16(15)14-9-10-5-1-3-7-12(10)18-14/h1-9,16-19H. The maximum absolute atomic E-state index is 8.32. The third-order valence-electron chi connectivity index (χ3n) is 3.67. The van der Waals surface area contributed by atoms with Crippen LogP contribution in [0, 0.1) is 5.41 Å². The van der Waals surface area contributed by atoms with Gasteiger partial charge in [-0.25, -0.2) is 0 Å². The normalized spacial score (nSPS) is 17.5. The molecule has 3 nitrogen and oxygen atoms in total. The Bertz CT molecular complexity index is 752. The molecule has 1 aliphatic rings. The number of nitrogens with one attached hydrogen (secondary N) is 3. The van der Waals surface area contributed by atoms with E-state index in [1.54, 1.807) is 0 Å². The van der Waals surface area contributed by atoms with E-state index in [1.807, 2.05) is 36.4 Å². The van der Waals surface area contributed by atoms with Gasteiger partial charge in [0.1, 0.15) is 6.04 Å². The Kier molecular flexibility index (Phi) is 2.03. The van der Waals surface area contributed by atoms with Gasteiger partial charge in [0.05, 0.1) is 5.71 Å². The van der Waals surface area contributed by atoms with Crippen LogP contribution in [0.1, 0.15) is 17.3 Å². The average Bonchev–Trinajstić information content (AvgIpc) is 3.00. The lowest BCUT2D eigenvalue weighted by atomic mass is 10.1. The molecule has 0 fully saturated rings. The van der Waals surface area contributed by atoms with Crippen LogP contribution in [0.4, 0.5) is 5.69 Å². The van der Waals surface area contributed by atoms with Gasteiger partial charge in [0.15, 0.2) is 0 Å². The van der Waals surface area contributed by atoms with Crippen molar-refractivity contribution in [1.29, 1.82) is 5.41 Å². The number of rotatable bonds is 1. The molecule has 1 atom stereocenters. The number of fused-ring (bicyclic) bond motifs is 2. The van der Waals surface area contributed by atoms with Gasteiger partial charge in [-0.15, -0.1) is 0 Å². The first kappa shape index (κ1) is 10.4. The summed E-state index contributed by atoms with van der Waals surface area (Å²) in [7, 11) is 0. The third-order valence-corrected chi connectivity index (χ3v) is 3.67. The van der Waals surface area contributed by atoms with Gasteiger partial charge >= 0.3 is 0 Å². The molecule has 3 N–H and O–H groups in total. The highest BCUT2D eigenvalue weighted by Gasteiger charge is 2.28. The fourth-order valence-corrected chi connectivity index (χ4v) is 2.71. The Hall–Kier alpha value is -2.55. The molecule has 1 unspecified atom stereocenters. The van der Waals surface area contributed by atoms with Crippen LogP contribution in [0.2, 0.25) is 0 Å². The van der Waals surface area contributed by atoms with Crippen molar-refractivity contribution in [2.45, 2.75) is 6.04 Å². The molecular formula is C16H13N3. The first-order valence-corrected chi connectivity index (χ1v) is 6.35. The molecule has 0 spiro atoms. The molecule has 1 aromatic heterocycles. The van der Waals surface area contributed by atoms with Gasteiger partial charge in [0.2, 0.25) is 0 Å². The van der Waals surface area contributed by atoms with Crippen molar-refractivity contribution in [3.63, 3.8) is 0 Å². The van der Waals surface area contributed by atoms with E-state index in [2.05, 4.69) is 28.5 Å². The summed E-state index contributed by atoms with van der Waals surface area (Å²) in [6.07, 6.45) is 0. The van der Waals surface area contributed by atoms with E-state index in [0.29, 0.717) is 5.71 Å². The second-order valence-electron chi connectivity index (χ2n) is 4.85. The summed E-state index contributed by atoms with van der Waals surface area (Å²) in [5, 5.41) is 12.9. The topological polar surface area (TPSA) is 51.7 Å². The van der Waals surface area contributed by atoms with Crippen molar-refractivity contribution >= 4 is 22.3 Å². The molecule has 0 aliphatic carbocycles. The van der Waals surface area contributed by atoms with Crippen LogP contribution in [-0.2, 0) is 0 Å². The monoisotopic (exact) mass is 247 g/mol. The number of para-hydroxylation sites is 2. The maximum atomic E-state index is 8.32. The first-order valence-electron chi connectivity index (χ1n) is 6.35. The van der Waals surface area contributed by atoms with Crippen LogP contribution >= 0.6 is 0 Å². The van der Waals surface area contributed by atoms with Crippen molar-refractivity contribution in [3.05, 3.63) is 65.9 Å². The van der Waals surface area contributed by atoms with Crippen LogP contribution in [0.25, 0.3) is 10.9 Å². The van der Waals surface area contributed by atoms with Crippen molar-refractivity contribution in [1.82, 2.24) is 4.98 Å². The fraction of sp³-hybridized carbons (Fsp3) is 0.0625. The van der Waals surface area contributed by atoms with Crippen molar-refractivity contribution < 1.29 is 0 Å². The highest BCUT2D eigenvalue weighted by Crippen LogP contribution is 2.34. The van der Waals surface area contributed by atoms with Crippen molar-refractivity contribution in [2.24, 2.45) is 0 Å². The highest BCUT2D eigenvalue weighted by molar-refractivity contribution is 6.12. The number of aromatic nitrogens is 1. The molecule has 92 valence electrons. The zero-order valence-corrected chi connectivity index (χ0v) is 10.3. The van der Waals surface area contributed by atoms with E-state index in [9.17, 15) is 0 Å². The quantitative estimate of drug-likeness (QED) is 0.603. The van der Waals surface area contributed by atoms with Gasteiger partial charge in [-0.2, -0.15) is 0 Å². The average molecular weight is 247 g/mol. The predicted octanol–water partition coefficient (Wildman–Crippen LogP) is 3.70. The van der Waals surface area contributed by atoms with E-state index >= 15 is 0 Å². The molecule has 0 bridgehead atoms. The molecule has 0 saturated heterocycles. The van der Waals surface area contributed by atoms with E-state index in [0.717, 1.165) is 22.5 Å². The van der Waals surface area contributed by atoms with Gasteiger partial charge in [0, 0.05) is 22.5 Å². The lowest BCUT2D eigenvalue weighted by Crippen LogP contribution is -2.12. The Morgan fingerprint density at radius 1 is 0.947 bits per heavy atom. The zero-order valence-electron chi connectivity index (χ0n) is 10.3. The summed E-state index contributed by atoms with van der Waals surface area (Å²) >= 11 is 0. The summed E-state index contributed by atoms with van der Waals surface area (Å²) in [5.74, 6) is 0. The van der Waals surface area contributed by atoms with Gasteiger partial charge < -0.3 is 15.7 Å². The second-order valence-corrected chi connectivity index (χ2v) is 4.85. The van der Waals surface area contributed by atoms with Crippen LogP contribution in [0.3, 0.4) is 0 Å². The number of aromatic amines is 1. The minimum Gasteiger partial charge on any atom is -0.371 e. The molecule has 19 heavy (non-hydrogen) atoms. The summed E-state index contributed by atoms with van der Waals surface area (Å²) in [6.45, 7) is 0. The molecule has 3 heteroatoms. The Morgan fingerprint density at radius 3 is 2.58 bits per heavy atom. The van der Waals surface area contributed by atoms with Gasteiger partial charge in [0.25, 0.3) is 0 Å². The number of hydrogen-bond donors (Lipinski definition) is 3. The van der Waals surface area contributed by atoms with Gasteiger partial charge in [-0.3, -0.25) is 0 Å². The predicted molar refractivity (Wildman–Crippen MR) is 77.9 cm³/mol. The Morgan fingerprint density at radius 2 is 1.74 bits per heavy atom. The number of benzene rings is 2. The lowest BCUT2D eigenvalue weighted by molar-refractivity contribution is 1.01. The van der Waals surface area contributed by atoms with Crippen molar-refractivity contribution in [3.8, 4) is 0 Å². The van der Waals surface area contributed by atoms with E-state index in [1.165, 1.54) is 5.39 Å². The molecule has 0 radical (unpaired) electrons. The molecule has 2 heterocycles. The molecule has 0 amide bonds. The van der Waals surface area contributed by atoms with Gasteiger partial charge in [-0.1, -0.05) is 36.4 Å². The van der Waals surface area contributed by atoms with Crippen LogP contribution in [-0.4, -0.2) is 10.7 Å². The molecule has 1 aliphatic heterocycles. The van der Waals surface area contributed by atoms with Crippen LogP contribution in [0.5, 0.6) is 0 Å². The van der Waals surface area contributed by atoms with E-state index in [4.69, 9.17) is 5.41 Å². The largest absolute Gasteiger partial charge is 0.371 e. The van der Waals surface area contributed by atoms with E-state index < -0.39 is 0 Å². The maximum Gasteiger partial charge on any atom is 0.109 e. The smallest absolute Gasteiger partial charge is 0.109 e. The number of hydrogen-bond acceptors (Lipinski definition) is 2. The van der Waals surface area contributed by atoms with Crippen molar-refractivity contribution in [2.75, 3.05) is 5.32 Å².